The molecule has 1 aliphatic carbocycles. The zero-order valence-corrected chi connectivity index (χ0v) is 19.0. The largest absolute Gasteiger partial charge is 1.00 e. The average molecular weight is 456 g/mol. The molecule has 0 aromatic heterocycles. The number of nitrogens with zero attached hydrogens (tertiary/aromatic N) is 4. The van der Waals surface area contributed by atoms with Crippen molar-refractivity contribution in [2.75, 3.05) is 26.2 Å². The van der Waals surface area contributed by atoms with Gasteiger partial charge in [-0.25, -0.2) is 14.7 Å². The van der Waals surface area contributed by atoms with Gasteiger partial charge in [-0.15, -0.1) is 0 Å². The highest BCUT2D eigenvalue weighted by Gasteiger charge is 2.35. The number of piperazine rings is 1. The number of nitrogens with one attached hydrogen (secondary N) is 1. The first-order valence-corrected chi connectivity index (χ1v) is 11.3. The van der Waals surface area contributed by atoms with Gasteiger partial charge in [0.05, 0.1) is 12.4 Å². The van der Waals surface area contributed by atoms with Crippen LogP contribution in [-0.4, -0.2) is 60.7 Å². The van der Waals surface area contributed by atoms with Gasteiger partial charge >= 0.3 is 6.09 Å². The van der Waals surface area contributed by atoms with Crippen LogP contribution < -0.4 is 17.3 Å². The van der Waals surface area contributed by atoms with Gasteiger partial charge in [0, 0.05) is 38.1 Å². The first-order valence-electron chi connectivity index (χ1n) is 11.3. The maximum atomic E-state index is 12.4. The van der Waals surface area contributed by atoms with Gasteiger partial charge in [0.15, 0.2) is 12.0 Å². The van der Waals surface area contributed by atoms with Crippen LogP contribution in [0.2, 0.25) is 0 Å². The standard InChI is InChI=1S/C24H29N5O2.ClH/c30-24(31-17-19-4-2-1-3-5-19)28-14-12-27(13-15-28)21-8-6-20(7-9-21)23-22-16-25-10-11-29(22)18-26-23;/h1-5,10-11,16,18,20-21H,6-9,12-15,17H2;1H. The van der Waals surface area contributed by atoms with E-state index in [9.17, 15) is 4.79 Å². The lowest BCUT2D eigenvalue weighted by molar-refractivity contribution is -0.682. The van der Waals surface area contributed by atoms with Gasteiger partial charge in [-0.2, -0.15) is 0 Å². The van der Waals surface area contributed by atoms with Crippen LogP contribution >= 0.6 is 0 Å². The third-order valence-electron chi connectivity index (χ3n) is 6.85. The Morgan fingerprint density at radius 2 is 1.81 bits per heavy atom. The summed E-state index contributed by atoms with van der Waals surface area (Å²) < 4.78 is 5.50. The lowest BCUT2D eigenvalue weighted by Gasteiger charge is -2.41. The van der Waals surface area contributed by atoms with E-state index in [2.05, 4.69) is 9.89 Å². The highest BCUT2D eigenvalue weighted by molar-refractivity contribution is 5.81. The topological polar surface area (TPSA) is 61.9 Å². The van der Waals surface area contributed by atoms with Gasteiger partial charge in [-0.1, -0.05) is 30.3 Å². The Labute approximate surface area is 195 Å². The van der Waals surface area contributed by atoms with Crippen LogP contribution in [0.25, 0.3) is 0 Å². The molecule has 2 fully saturated rings. The van der Waals surface area contributed by atoms with E-state index in [0.717, 1.165) is 31.7 Å². The van der Waals surface area contributed by atoms with Crippen molar-refractivity contribution in [1.29, 1.82) is 0 Å². The third-order valence-corrected chi connectivity index (χ3v) is 6.85. The number of rotatable bonds is 4. The number of ether oxygens (including phenoxy) is 1. The van der Waals surface area contributed by atoms with Gasteiger partial charge in [-0.05, 0) is 31.2 Å². The van der Waals surface area contributed by atoms with Gasteiger partial charge in [0.2, 0.25) is 0 Å². The van der Waals surface area contributed by atoms with Crippen LogP contribution in [0.4, 0.5) is 4.79 Å². The number of aliphatic imine (C=N–C) groups is 2. The predicted molar refractivity (Wildman–Crippen MR) is 120 cm³/mol. The average Bonchev–Trinajstić information content (AvgIpc) is 3.28. The minimum Gasteiger partial charge on any atom is -1.00 e. The SMILES string of the molecule is O=C(OCc1ccccc1)N1CCN(C2CCC(C3=C4C=NC=C[NH+]4C=N3)CC2)CC1.[Cl-]. The van der Waals surface area contributed by atoms with E-state index < -0.39 is 0 Å². The summed E-state index contributed by atoms with van der Waals surface area (Å²) in [5.74, 6) is 0.534. The predicted octanol–water partition coefficient (Wildman–Crippen LogP) is -0.802. The second kappa shape index (κ2) is 10.4. The quantitative estimate of drug-likeness (QED) is 0.646. The second-order valence-corrected chi connectivity index (χ2v) is 8.68. The molecule has 1 amide bonds. The summed E-state index contributed by atoms with van der Waals surface area (Å²) in [7, 11) is 0. The molecule has 1 aromatic rings. The zero-order chi connectivity index (χ0) is 21.0. The van der Waals surface area contributed by atoms with Crippen molar-refractivity contribution in [2.24, 2.45) is 15.9 Å². The van der Waals surface area contributed by atoms with Crippen LogP contribution in [0, 0.1) is 5.92 Å². The van der Waals surface area contributed by atoms with E-state index in [1.54, 1.807) is 0 Å². The number of halogens is 1. The van der Waals surface area contributed by atoms with Crippen molar-refractivity contribution in [3.63, 3.8) is 0 Å². The molecule has 170 valence electrons. The van der Waals surface area contributed by atoms with E-state index in [0.29, 0.717) is 18.6 Å². The molecule has 0 bridgehead atoms. The number of carbonyl (C=O) groups is 1. The Morgan fingerprint density at radius 3 is 2.56 bits per heavy atom. The molecule has 32 heavy (non-hydrogen) atoms. The minimum atomic E-state index is -0.199. The zero-order valence-electron chi connectivity index (χ0n) is 18.2. The molecule has 4 aliphatic rings. The number of benzene rings is 1. The molecule has 8 heteroatoms. The van der Waals surface area contributed by atoms with Crippen molar-refractivity contribution >= 4 is 18.6 Å². The molecule has 1 unspecified atom stereocenters. The Kier molecular flexibility index (Phi) is 7.40. The number of fused-ring (bicyclic) bond motifs is 1. The van der Waals surface area contributed by atoms with Crippen LogP contribution in [-0.2, 0) is 11.3 Å². The molecule has 1 saturated heterocycles. The van der Waals surface area contributed by atoms with Crippen molar-refractivity contribution in [3.05, 3.63) is 59.7 Å². The van der Waals surface area contributed by atoms with E-state index >= 15 is 0 Å². The van der Waals surface area contributed by atoms with E-state index in [1.165, 1.54) is 42.0 Å². The summed E-state index contributed by atoms with van der Waals surface area (Å²) in [6.45, 7) is 3.68. The fourth-order valence-electron chi connectivity index (χ4n) is 5.06. The number of allylic oxidation sites excluding steroid dienone is 2. The normalized spacial score (nSPS) is 27.2. The van der Waals surface area contributed by atoms with Crippen molar-refractivity contribution in [1.82, 2.24) is 9.80 Å². The number of hydrogen-bond donors (Lipinski definition) is 1. The van der Waals surface area contributed by atoms with E-state index in [-0.39, 0.29) is 18.5 Å². The Balaban J connectivity index is 0.00000245. The Hall–Kier alpha value is -2.48. The summed E-state index contributed by atoms with van der Waals surface area (Å²) in [5, 5.41) is 0. The highest BCUT2D eigenvalue weighted by atomic mass is 35.5. The summed E-state index contributed by atoms with van der Waals surface area (Å²) >= 11 is 0. The molecule has 3 heterocycles. The minimum absolute atomic E-state index is 0. The van der Waals surface area contributed by atoms with Crippen molar-refractivity contribution < 1.29 is 26.8 Å². The van der Waals surface area contributed by atoms with Gasteiger partial charge in [0.1, 0.15) is 18.5 Å². The van der Waals surface area contributed by atoms with Gasteiger partial charge in [0.25, 0.3) is 0 Å². The monoisotopic (exact) mass is 455 g/mol. The molecule has 5 rings (SSSR count). The van der Waals surface area contributed by atoms with E-state index in [4.69, 9.17) is 9.73 Å². The summed E-state index contributed by atoms with van der Waals surface area (Å²) in [5.41, 5.74) is 3.47. The Morgan fingerprint density at radius 1 is 1.06 bits per heavy atom. The molecule has 1 saturated carbocycles. The van der Waals surface area contributed by atoms with E-state index in [1.807, 2.05) is 60.2 Å². The molecule has 1 N–H and O–H groups in total. The first kappa shape index (κ1) is 22.7. The maximum absolute atomic E-state index is 12.4. The molecule has 7 nitrogen and oxygen atoms in total. The number of carbonyl (C=O) groups excluding carboxylic acids is 1. The summed E-state index contributed by atoms with van der Waals surface area (Å²) in [6, 6.07) is 10.5. The van der Waals surface area contributed by atoms with Gasteiger partial charge < -0.3 is 22.0 Å². The molecular formula is C24H30ClN5O2. The molecule has 0 radical (unpaired) electrons. The van der Waals surface area contributed by atoms with Crippen LogP contribution in [0.1, 0.15) is 31.2 Å². The molecule has 1 atom stereocenters. The maximum Gasteiger partial charge on any atom is 0.410 e. The fraction of sp³-hybridized carbons (Fsp3) is 0.458. The fourth-order valence-corrected chi connectivity index (χ4v) is 5.06. The number of quaternary nitrogens is 1. The second-order valence-electron chi connectivity index (χ2n) is 8.68. The van der Waals surface area contributed by atoms with Crippen molar-refractivity contribution in [2.45, 2.75) is 38.3 Å². The molecule has 3 aliphatic heterocycles. The van der Waals surface area contributed by atoms with Crippen LogP contribution in [0.3, 0.4) is 0 Å². The van der Waals surface area contributed by atoms with Crippen molar-refractivity contribution in [3.8, 4) is 0 Å². The lowest BCUT2D eigenvalue weighted by Crippen LogP contribution is -3.04. The third kappa shape index (κ3) is 4.95. The first-order chi connectivity index (χ1) is 15.3. The number of hydrogen-bond acceptors (Lipinski definition) is 5. The summed E-state index contributed by atoms with van der Waals surface area (Å²) in [6.07, 6.45) is 12.3. The molecule has 1 aromatic carbocycles. The lowest BCUT2D eigenvalue weighted by atomic mass is 9.82. The highest BCUT2D eigenvalue weighted by Crippen LogP contribution is 2.34. The molecule has 0 spiro atoms. The Bertz CT molecular complexity index is 914. The van der Waals surface area contributed by atoms with Gasteiger partial charge in [-0.3, -0.25) is 9.89 Å². The van der Waals surface area contributed by atoms with Crippen LogP contribution in [0.15, 0.2) is 64.1 Å². The smallest absolute Gasteiger partial charge is 0.410 e. The van der Waals surface area contributed by atoms with Crippen LogP contribution in [0.5, 0.6) is 0 Å². The summed E-state index contributed by atoms with van der Waals surface area (Å²) in [4.78, 5) is 27.0. The molecular weight excluding hydrogens is 426 g/mol. The number of amides is 1.